The molecule has 5 atom stereocenters. The van der Waals surface area contributed by atoms with Crippen molar-refractivity contribution >= 4 is 18.0 Å². The zero-order chi connectivity index (χ0) is 16.3. The first-order chi connectivity index (χ1) is 10.5. The smallest absolute Gasteiger partial charge is 0.171 e. The van der Waals surface area contributed by atoms with E-state index < -0.39 is 37.2 Å². The molecule has 1 aliphatic rings. The van der Waals surface area contributed by atoms with Crippen molar-refractivity contribution in [2.75, 3.05) is 12.9 Å². The number of nitrogens with zero attached hydrogens (tertiary/aromatic N) is 2. The molecule has 2 rings (SSSR count). The van der Waals surface area contributed by atoms with Gasteiger partial charge >= 0.3 is 0 Å². The third kappa shape index (κ3) is 3.27. The van der Waals surface area contributed by atoms with Crippen molar-refractivity contribution in [2.24, 2.45) is 5.10 Å². The molecule has 1 fully saturated rings. The molecule has 1 aliphatic heterocycles. The Morgan fingerprint density at radius 3 is 2.45 bits per heavy atom. The van der Waals surface area contributed by atoms with Crippen LogP contribution in [0.2, 0.25) is 0 Å². The highest BCUT2D eigenvalue weighted by atomic mass is 32.2. The van der Waals surface area contributed by atoms with Crippen LogP contribution in [-0.2, 0) is 0 Å². The molecule has 1 aromatic carbocycles. The van der Waals surface area contributed by atoms with Crippen LogP contribution in [0.3, 0.4) is 0 Å². The van der Waals surface area contributed by atoms with Crippen molar-refractivity contribution in [3.8, 4) is 0 Å². The summed E-state index contributed by atoms with van der Waals surface area (Å²) in [7, 11) is 0. The quantitative estimate of drug-likeness (QED) is 0.349. The predicted molar refractivity (Wildman–Crippen MR) is 82.6 cm³/mol. The van der Waals surface area contributed by atoms with Gasteiger partial charge in [0.15, 0.2) is 6.23 Å². The Morgan fingerprint density at radius 2 is 1.82 bits per heavy atom. The van der Waals surface area contributed by atoms with E-state index in [4.69, 9.17) is 0 Å². The molecule has 1 unspecified atom stereocenters. The number of aliphatic hydroxyl groups is 5. The van der Waals surface area contributed by atoms with E-state index in [2.05, 4.69) is 5.10 Å². The second-order valence-corrected chi connectivity index (χ2v) is 5.85. The number of hydrogen-bond acceptors (Lipinski definition) is 8. The largest absolute Gasteiger partial charge is 0.394 e. The highest BCUT2D eigenvalue weighted by molar-refractivity contribution is 7.98. The fraction of sp³-hybridized carbons (Fsp3) is 0.500. The van der Waals surface area contributed by atoms with E-state index in [1.54, 1.807) is 0 Å². The van der Waals surface area contributed by atoms with Crippen molar-refractivity contribution < 1.29 is 25.5 Å². The van der Waals surface area contributed by atoms with E-state index in [-0.39, 0.29) is 0 Å². The third-order valence-corrected chi connectivity index (χ3v) is 4.48. The molecule has 0 amide bonds. The Morgan fingerprint density at radius 1 is 1.14 bits per heavy atom. The number of piperidine rings is 1. The van der Waals surface area contributed by atoms with Gasteiger partial charge in [-0.05, 0) is 12.3 Å². The van der Waals surface area contributed by atoms with Gasteiger partial charge in [-0.25, -0.2) is 0 Å². The lowest BCUT2D eigenvalue weighted by Crippen LogP contribution is -2.65. The van der Waals surface area contributed by atoms with Crippen LogP contribution in [0.15, 0.2) is 34.3 Å². The summed E-state index contributed by atoms with van der Waals surface area (Å²) in [4.78, 5) is 0.972. The minimum atomic E-state index is -1.58. The number of aliphatic hydroxyl groups excluding tert-OH is 5. The van der Waals surface area contributed by atoms with Crippen LogP contribution >= 0.6 is 11.8 Å². The number of hydrogen-bond donors (Lipinski definition) is 5. The van der Waals surface area contributed by atoms with Crippen molar-refractivity contribution in [3.63, 3.8) is 0 Å². The maximum atomic E-state index is 10.0. The molecule has 1 saturated heterocycles. The van der Waals surface area contributed by atoms with Gasteiger partial charge in [-0.2, -0.15) is 5.10 Å². The van der Waals surface area contributed by atoms with Crippen molar-refractivity contribution in [1.29, 1.82) is 0 Å². The zero-order valence-electron chi connectivity index (χ0n) is 12.0. The molecule has 22 heavy (non-hydrogen) atoms. The maximum absolute atomic E-state index is 10.0. The average Bonchev–Trinajstić information content (AvgIpc) is 2.55. The van der Waals surface area contributed by atoms with Gasteiger partial charge in [0.2, 0.25) is 0 Å². The Balaban J connectivity index is 2.27. The summed E-state index contributed by atoms with van der Waals surface area (Å²) in [6.45, 7) is -0.524. The first kappa shape index (κ1) is 17.2. The first-order valence-corrected chi connectivity index (χ1v) is 8.02. The average molecular weight is 328 g/mol. The molecule has 122 valence electrons. The molecule has 5 N–H and O–H groups in total. The van der Waals surface area contributed by atoms with Crippen LogP contribution in [0.25, 0.3) is 0 Å². The van der Waals surface area contributed by atoms with Gasteiger partial charge in [0, 0.05) is 10.5 Å². The summed E-state index contributed by atoms with van der Waals surface area (Å²) in [6, 6.07) is 6.46. The second kappa shape index (κ2) is 7.40. The third-order valence-electron chi connectivity index (χ3n) is 3.67. The molecule has 0 aromatic heterocycles. The molecule has 0 spiro atoms. The molecule has 8 heteroatoms. The van der Waals surface area contributed by atoms with E-state index in [1.807, 2.05) is 30.5 Å². The zero-order valence-corrected chi connectivity index (χ0v) is 12.8. The Labute approximate surface area is 132 Å². The SMILES string of the molecule is CSc1ccccc1/C=N/N1C(O)[C@H](O)[C@@H](O)[C@H](O)[C@H]1CO. The summed E-state index contributed by atoms with van der Waals surface area (Å²) in [5.41, 5.74) is 0.800. The van der Waals surface area contributed by atoms with Crippen LogP contribution < -0.4 is 0 Å². The van der Waals surface area contributed by atoms with Crippen molar-refractivity contribution in [1.82, 2.24) is 5.01 Å². The molecule has 1 aromatic rings. The van der Waals surface area contributed by atoms with Crippen LogP contribution in [0, 0.1) is 0 Å². The highest BCUT2D eigenvalue weighted by Gasteiger charge is 2.46. The molecule has 0 saturated carbocycles. The van der Waals surface area contributed by atoms with E-state index in [0.29, 0.717) is 0 Å². The van der Waals surface area contributed by atoms with Gasteiger partial charge in [0.25, 0.3) is 0 Å². The summed E-state index contributed by atoms with van der Waals surface area (Å²) < 4.78 is 0. The maximum Gasteiger partial charge on any atom is 0.171 e. The Hall–Kier alpha value is -1.16. The number of hydrazone groups is 1. The van der Waals surface area contributed by atoms with E-state index in [9.17, 15) is 25.5 Å². The fourth-order valence-electron chi connectivity index (χ4n) is 2.36. The Kier molecular flexibility index (Phi) is 5.79. The van der Waals surface area contributed by atoms with Gasteiger partial charge in [0.1, 0.15) is 24.4 Å². The molecule has 7 nitrogen and oxygen atoms in total. The summed E-state index contributed by atoms with van der Waals surface area (Å²) >= 11 is 1.53. The summed E-state index contributed by atoms with van der Waals surface area (Å²) in [6.07, 6.45) is -2.66. The molecular weight excluding hydrogens is 308 g/mol. The highest BCUT2D eigenvalue weighted by Crippen LogP contribution is 2.24. The van der Waals surface area contributed by atoms with Gasteiger partial charge in [-0.1, -0.05) is 18.2 Å². The lowest BCUT2D eigenvalue weighted by Gasteiger charge is -2.44. The van der Waals surface area contributed by atoms with Crippen LogP contribution in [-0.4, -0.2) is 80.2 Å². The minimum absolute atomic E-state index is 0.524. The van der Waals surface area contributed by atoms with Gasteiger partial charge < -0.3 is 25.5 Å². The molecule has 1 heterocycles. The summed E-state index contributed by atoms with van der Waals surface area (Å²) in [5, 5.41) is 53.8. The van der Waals surface area contributed by atoms with Crippen LogP contribution in [0.1, 0.15) is 5.56 Å². The van der Waals surface area contributed by atoms with Crippen molar-refractivity contribution in [3.05, 3.63) is 29.8 Å². The topological polar surface area (TPSA) is 117 Å². The normalized spacial score (nSPS) is 32.6. The van der Waals surface area contributed by atoms with E-state index in [0.717, 1.165) is 15.5 Å². The molecule has 0 bridgehead atoms. The molecular formula is C14H20N2O5S. The van der Waals surface area contributed by atoms with Crippen LogP contribution in [0.5, 0.6) is 0 Å². The number of thioether (sulfide) groups is 1. The lowest BCUT2D eigenvalue weighted by molar-refractivity contribution is -0.222. The number of rotatable bonds is 4. The van der Waals surface area contributed by atoms with Crippen LogP contribution in [0.4, 0.5) is 0 Å². The lowest BCUT2D eigenvalue weighted by atomic mass is 9.94. The molecule has 0 radical (unpaired) electrons. The number of benzene rings is 1. The summed E-state index contributed by atoms with van der Waals surface area (Å²) in [5.74, 6) is 0. The van der Waals surface area contributed by atoms with Gasteiger partial charge in [0.05, 0.1) is 12.8 Å². The second-order valence-electron chi connectivity index (χ2n) is 5.00. The Bertz CT molecular complexity index is 530. The van der Waals surface area contributed by atoms with Gasteiger partial charge in [-0.3, -0.25) is 5.01 Å². The van der Waals surface area contributed by atoms with E-state index in [1.165, 1.54) is 18.0 Å². The molecule has 0 aliphatic carbocycles. The minimum Gasteiger partial charge on any atom is -0.394 e. The monoisotopic (exact) mass is 328 g/mol. The van der Waals surface area contributed by atoms with Crippen molar-refractivity contribution in [2.45, 2.75) is 35.5 Å². The first-order valence-electron chi connectivity index (χ1n) is 6.79. The van der Waals surface area contributed by atoms with Gasteiger partial charge in [-0.15, -0.1) is 11.8 Å². The predicted octanol–water partition coefficient (Wildman–Crippen LogP) is -1.18. The fourth-order valence-corrected chi connectivity index (χ4v) is 2.93. The van der Waals surface area contributed by atoms with E-state index >= 15 is 0 Å². The standard InChI is InChI=1S/C14H20N2O5S/c1-22-10-5-3-2-4-8(10)6-15-16-9(7-17)11(18)12(19)13(20)14(16)21/h2-6,9,11-14,17-21H,7H2,1H3/b15-6+/t9-,11-,12+,13-,14?/m1/s1.